The summed E-state index contributed by atoms with van der Waals surface area (Å²) in [5.41, 5.74) is 0.168. The summed E-state index contributed by atoms with van der Waals surface area (Å²) >= 11 is 0. The van der Waals surface area contributed by atoms with E-state index < -0.39 is 0 Å². The van der Waals surface area contributed by atoms with Gasteiger partial charge in [-0.15, -0.1) is 0 Å². The van der Waals surface area contributed by atoms with E-state index in [1.54, 1.807) is 30.2 Å². The maximum absolute atomic E-state index is 12.4. The summed E-state index contributed by atoms with van der Waals surface area (Å²) in [6.45, 7) is 1.44. The van der Waals surface area contributed by atoms with Gasteiger partial charge < -0.3 is 14.1 Å². The van der Waals surface area contributed by atoms with Gasteiger partial charge in [-0.05, 0) is 31.4 Å². The van der Waals surface area contributed by atoms with Gasteiger partial charge in [-0.3, -0.25) is 9.59 Å². The summed E-state index contributed by atoms with van der Waals surface area (Å²) in [6, 6.07) is 6.26. The third-order valence-corrected chi connectivity index (χ3v) is 3.79. The Morgan fingerprint density at radius 3 is 2.67 bits per heavy atom. The zero-order chi connectivity index (χ0) is 14.8. The topological polar surface area (TPSA) is 59.8 Å². The average molecular weight is 287 g/mol. The summed E-state index contributed by atoms with van der Waals surface area (Å²) in [5.74, 6) is 0.479. The van der Waals surface area contributed by atoms with Crippen LogP contribution in [0, 0.1) is 0 Å². The highest BCUT2D eigenvalue weighted by Gasteiger charge is 2.21. The van der Waals surface area contributed by atoms with Crippen molar-refractivity contribution < 1.29 is 13.9 Å². The van der Waals surface area contributed by atoms with Crippen molar-refractivity contribution in [3.05, 3.63) is 40.2 Å². The van der Waals surface area contributed by atoms with Crippen LogP contribution in [0.1, 0.15) is 29.8 Å². The Hall–Kier alpha value is -2.30. The first-order chi connectivity index (χ1) is 10.2. The Balaban J connectivity index is 2.02. The van der Waals surface area contributed by atoms with Crippen LogP contribution in [0.5, 0.6) is 5.75 Å². The van der Waals surface area contributed by atoms with Crippen LogP contribution in [-0.2, 0) is 0 Å². The standard InChI is InChI=1S/C16H17NO4/c1-20-11-5-6-12-13(18)10-15(21-14(12)9-11)16(19)17-7-3-2-4-8-17/h5-6,9-10H,2-4,7-8H2,1H3. The van der Waals surface area contributed by atoms with Crippen molar-refractivity contribution in [2.24, 2.45) is 0 Å². The Labute approximate surface area is 122 Å². The molecule has 5 heteroatoms. The Morgan fingerprint density at radius 1 is 1.19 bits per heavy atom. The number of hydrogen-bond donors (Lipinski definition) is 0. The number of fused-ring (bicyclic) bond motifs is 1. The molecule has 0 spiro atoms. The van der Waals surface area contributed by atoms with Crippen LogP contribution in [0.3, 0.4) is 0 Å². The summed E-state index contributed by atoms with van der Waals surface area (Å²) in [5, 5.41) is 0.450. The van der Waals surface area contributed by atoms with Crippen molar-refractivity contribution in [3.8, 4) is 5.75 Å². The molecule has 2 heterocycles. The van der Waals surface area contributed by atoms with Crippen LogP contribution in [0.15, 0.2) is 33.5 Å². The summed E-state index contributed by atoms with van der Waals surface area (Å²) in [7, 11) is 1.54. The summed E-state index contributed by atoms with van der Waals surface area (Å²) in [4.78, 5) is 26.3. The summed E-state index contributed by atoms with van der Waals surface area (Å²) in [6.07, 6.45) is 3.14. The molecule has 1 saturated heterocycles. The van der Waals surface area contributed by atoms with Gasteiger partial charge in [0.25, 0.3) is 5.91 Å². The lowest BCUT2D eigenvalue weighted by Crippen LogP contribution is -2.35. The Kier molecular flexibility index (Phi) is 3.64. The molecule has 0 aliphatic carbocycles. The van der Waals surface area contributed by atoms with E-state index in [9.17, 15) is 9.59 Å². The van der Waals surface area contributed by atoms with Gasteiger partial charge in [-0.2, -0.15) is 0 Å². The molecule has 1 aromatic heterocycles. The molecular formula is C16H17NO4. The van der Waals surface area contributed by atoms with Crippen molar-refractivity contribution in [1.82, 2.24) is 4.90 Å². The van der Waals surface area contributed by atoms with Gasteiger partial charge in [0.05, 0.1) is 12.5 Å². The normalized spacial score (nSPS) is 15.2. The molecule has 5 nitrogen and oxygen atoms in total. The fourth-order valence-corrected chi connectivity index (χ4v) is 2.62. The zero-order valence-electron chi connectivity index (χ0n) is 11.9. The molecule has 1 amide bonds. The number of methoxy groups -OCH3 is 1. The lowest BCUT2D eigenvalue weighted by Gasteiger charge is -2.26. The molecule has 0 bridgehead atoms. The van der Waals surface area contributed by atoms with Gasteiger partial charge >= 0.3 is 0 Å². The van der Waals surface area contributed by atoms with Gasteiger partial charge in [-0.25, -0.2) is 0 Å². The molecule has 1 aliphatic heterocycles. The number of hydrogen-bond acceptors (Lipinski definition) is 4. The van der Waals surface area contributed by atoms with Crippen LogP contribution < -0.4 is 10.2 Å². The molecule has 110 valence electrons. The van der Waals surface area contributed by atoms with E-state index >= 15 is 0 Å². The van der Waals surface area contributed by atoms with E-state index in [1.165, 1.54) is 6.07 Å². The van der Waals surface area contributed by atoms with E-state index in [0.29, 0.717) is 16.7 Å². The number of nitrogens with zero attached hydrogens (tertiary/aromatic N) is 1. The molecule has 0 radical (unpaired) electrons. The van der Waals surface area contributed by atoms with Crippen molar-refractivity contribution in [2.45, 2.75) is 19.3 Å². The maximum atomic E-state index is 12.4. The first-order valence-corrected chi connectivity index (χ1v) is 7.10. The number of ether oxygens (including phenoxy) is 1. The largest absolute Gasteiger partial charge is 0.497 e. The molecule has 3 rings (SSSR count). The number of benzene rings is 1. The molecule has 0 unspecified atom stereocenters. The molecule has 0 saturated carbocycles. The van der Waals surface area contributed by atoms with E-state index in [0.717, 1.165) is 32.4 Å². The highest BCUT2D eigenvalue weighted by molar-refractivity contribution is 5.93. The number of likely N-dealkylation sites (tertiary alicyclic amines) is 1. The fraction of sp³-hybridized carbons (Fsp3) is 0.375. The number of amides is 1. The van der Waals surface area contributed by atoms with Crippen LogP contribution in [0.2, 0.25) is 0 Å². The predicted molar refractivity (Wildman–Crippen MR) is 78.8 cm³/mol. The lowest BCUT2D eigenvalue weighted by molar-refractivity contribution is 0.0692. The number of carbonyl (C=O) groups is 1. The van der Waals surface area contributed by atoms with E-state index in [4.69, 9.17) is 9.15 Å². The maximum Gasteiger partial charge on any atom is 0.289 e. The quantitative estimate of drug-likeness (QED) is 0.851. The minimum atomic E-state index is -0.212. The minimum absolute atomic E-state index is 0.0997. The second-order valence-electron chi connectivity index (χ2n) is 5.19. The third-order valence-electron chi connectivity index (χ3n) is 3.79. The monoisotopic (exact) mass is 287 g/mol. The number of piperidine rings is 1. The average Bonchev–Trinajstić information content (AvgIpc) is 2.54. The molecular weight excluding hydrogens is 270 g/mol. The van der Waals surface area contributed by atoms with Gasteiger partial charge in [0.2, 0.25) is 0 Å². The molecule has 0 N–H and O–H groups in total. The molecule has 1 aromatic carbocycles. The third kappa shape index (κ3) is 2.63. The van der Waals surface area contributed by atoms with Gasteiger partial charge in [0.1, 0.15) is 11.3 Å². The SMILES string of the molecule is COc1ccc2c(=O)cc(C(=O)N3CCCCC3)oc2c1. The van der Waals surface area contributed by atoms with Crippen LogP contribution >= 0.6 is 0 Å². The van der Waals surface area contributed by atoms with E-state index in [-0.39, 0.29) is 17.1 Å². The van der Waals surface area contributed by atoms with Gasteiger partial charge in [0, 0.05) is 25.2 Å². The molecule has 0 atom stereocenters. The van der Waals surface area contributed by atoms with Gasteiger partial charge in [0.15, 0.2) is 11.2 Å². The second kappa shape index (κ2) is 5.60. The molecule has 2 aromatic rings. The lowest BCUT2D eigenvalue weighted by atomic mass is 10.1. The highest BCUT2D eigenvalue weighted by atomic mass is 16.5. The van der Waals surface area contributed by atoms with Crippen molar-refractivity contribution in [1.29, 1.82) is 0 Å². The first kappa shape index (κ1) is 13.7. The number of rotatable bonds is 2. The predicted octanol–water partition coefficient (Wildman–Crippen LogP) is 2.43. The smallest absolute Gasteiger partial charge is 0.289 e. The first-order valence-electron chi connectivity index (χ1n) is 7.10. The van der Waals surface area contributed by atoms with Crippen LogP contribution in [-0.4, -0.2) is 31.0 Å². The minimum Gasteiger partial charge on any atom is -0.497 e. The van der Waals surface area contributed by atoms with Crippen LogP contribution in [0.25, 0.3) is 11.0 Å². The van der Waals surface area contributed by atoms with Crippen molar-refractivity contribution in [3.63, 3.8) is 0 Å². The second-order valence-corrected chi connectivity index (χ2v) is 5.19. The molecule has 21 heavy (non-hydrogen) atoms. The van der Waals surface area contributed by atoms with E-state index in [2.05, 4.69) is 0 Å². The van der Waals surface area contributed by atoms with Crippen LogP contribution in [0.4, 0.5) is 0 Å². The number of carbonyl (C=O) groups excluding carboxylic acids is 1. The Morgan fingerprint density at radius 2 is 1.95 bits per heavy atom. The molecule has 1 aliphatic rings. The Bertz CT molecular complexity index is 729. The zero-order valence-corrected chi connectivity index (χ0v) is 11.9. The van der Waals surface area contributed by atoms with Crippen molar-refractivity contribution >= 4 is 16.9 Å². The fourth-order valence-electron chi connectivity index (χ4n) is 2.62. The van der Waals surface area contributed by atoms with E-state index in [1.807, 2.05) is 0 Å². The highest BCUT2D eigenvalue weighted by Crippen LogP contribution is 2.20. The van der Waals surface area contributed by atoms with Crippen molar-refractivity contribution in [2.75, 3.05) is 20.2 Å². The molecule has 1 fully saturated rings. The summed E-state index contributed by atoms with van der Waals surface area (Å²) < 4.78 is 10.8. The van der Waals surface area contributed by atoms with Gasteiger partial charge in [-0.1, -0.05) is 0 Å².